The van der Waals surface area contributed by atoms with Gasteiger partial charge in [0, 0.05) is 25.0 Å². The van der Waals surface area contributed by atoms with E-state index in [1.54, 1.807) is 18.5 Å². The highest BCUT2D eigenvalue weighted by Gasteiger charge is 2.16. The number of aromatic nitrogens is 1. The molecular formula is C15H14F2N2O2. The van der Waals surface area contributed by atoms with Gasteiger partial charge in [-0.05, 0) is 30.7 Å². The Bertz CT molecular complexity index is 620. The minimum Gasteiger partial charge on any atom is -0.478 e. The quantitative estimate of drug-likeness (QED) is 0.921. The predicted octanol–water partition coefficient (Wildman–Crippen LogP) is 2.44. The molecule has 1 heterocycles. The van der Waals surface area contributed by atoms with Crippen LogP contribution in [0.1, 0.15) is 12.5 Å². The zero-order valence-corrected chi connectivity index (χ0v) is 11.3. The number of nitrogens with zero attached hydrogens (tertiary/aromatic N) is 1. The van der Waals surface area contributed by atoms with E-state index in [2.05, 4.69) is 10.3 Å². The molecule has 0 saturated heterocycles. The Morgan fingerprint density at radius 2 is 2.19 bits per heavy atom. The predicted molar refractivity (Wildman–Crippen MR) is 72.5 cm³/mol. The smallest absolute Gasteiger partial charge is 0.261 e. The SMILES string of the molecule is C[C@H](Oc1ccc(F)cc1F)C(=O)NCc1cccnc1. The van der Waals surface area contributed by atoms with Crippen molar-refractivity contribution in [2.45, 2.75) is 19.6 Å². The number of pyridine rings is 1. The Balaban J connectivity index is 1.90. The zero-order valence-electron chi connectivity index (χ0n) is 11.3. The second-order valence-corrected chi connectivity index (χ2v) is 4.41. The number of benzene rings is 1. The molecule has 1 aromatic carbocycles. The highest BCUT2D eigenvalue weighted by Crippen LogP contribution is 2.18. The molecule has 2 rings (SSSR count). The number of ether oxygens (including phenoxy) is 1. The first-order valence-corrected chi connectivity index (χ1v) is 6.34. The van der Waals surface area contributed by atoms with Crippen molar-refractivity contribution in [1.82, 2.24) is 10.3 Å². The van der Waals surface area contributed by atoms with Crippen molar-refractivity contribution < 1.29 is 18.3 Å². The molecule has 0 aliphatic rings. The lowest BCUT2D eigenvalue weighted by Gasteiger charge is -2.15. The summed E-state index contributed by atoms with van der Waals surface area (Å²) in [4.78, 5) is 15.8. The molecule has 0 bridgehead atoms. The minimum atomic E-state index is -0.901. The third kappa shape index (κ3) is 4.24. The molecule has 4 nitrogen and oxygen atoms in total. The highest BCUT2D eigenvalue weighted by atomic mass is 19.1. The Labute approximate surface area is 120 Å². The number of nitrogens with one attached hydrogen (secondary N) is 1. The summed E-state index contributed by atoms with van der Waals surface area (Å²) in [5.41, 5.74) is 0.839. The molecule has 110 valence electrons. The third-order valence-corrected chi connectivity index (χ3v) is 2.76. The third-order valence-electron chi connectivity index (χ3n) is 2.76. The number of halogens is 2. The number of rotatable bonds is 5. The van der Waals surface area contributed by atoms with Crippen LogP contribution in [0.4, 0.5) is 8.78 Å². The second kappa shape index (κ2) is 6.78. The lowest BCUT2D eigenvalue weighted by Crippen LogP contribution is -2.36. The topological polar surface area (TPSA) is 51.2 Å². The fourth-order valence-corrected chi connectivity index (χ4v) is 1.65. The molecule has 0 radical (unpaired) electrons. The van der Waals surface area contributed by atoms with Crippen molar-refractivity contribution in [3.63, 3.8) is 0 Å². The van der Waals surface area contributed by atoms with Crippen molar-refractivity contribution >= 4 is 5.91 Å². The second-order valence-electron chi connectivity index (χ2n) is 4.41. The highest BCUT2D eigenvalue weighted by molar-refractivity contribution is 5.80. The van der Waals surface area contributed by atoms with Gasteiger partial charge in [0.1, 0.15) is 5.82 Å². The van der Waals surface area contributed by atoms with E-state index in [0.717, 1.165) is 17.7 Å². The van der Waals surface area contributed by atoms with Gasteiger partial charge in [-0.25, -0.2) is 8.78 Å². The number of carbonyl (C=O) groups excluding carboxylic acids is 1. The number of hydrogen-bond acceptors (Lipinski definition) is 3. The molecule has 0 aliphatic carbocycles. The van der Waals surface area contributed by atoms with Gasteiger partial charge in [0.05, 0.1) is 0 Å². The van der Waals surface area contributed by atoms with E-state index < -0.39 is 23.6 Å². The largest absolute Gasteiger partial charge is 0.478 e. The fraction of sp³-hybridized carbons (Fsp3) is 0.200. The minimum absolute atomic E-state index is 0.166. The Kier molecular flexibility index (Phi) is 4.81. The van der Waals surface area contributed by atoms with Gasteiger partial charge >= 0.3 is 0 Å². The fourth-order valence-electron chi connectivity index (χ4n) is 1.65. The average Bonchev–Trinajstić information content (AvgIpc) is 2.48. The first-order valence-electron chi connectivity index (χ1n) is 6.34. The maximum atomic E-state index is 13.4. The molecule has 6 heteroatoms. The van der Waals surface area contributed by atoms with Crippen LogP contribution >= 0.6 is 0 Å². The Morgan fingerprint density at radius 1 is 1.38 bits per heavy atom. The van der Waals surface area contributed by atoms with E-state index in [0.29, 0.717) is 12.6 Å². The van der Waals surface area contributed by atoms with E-state index in [1.807, 2.05) is 6.07 Å². The first kappa shape index (κ1) is 14.9. The summed E-state index contributed by atoms with van der Waals surface area (Å²) in [6.07, 6.45) is 2.36. The van der Waals surface area contributed by atoms with Gasteiger partial charge in [0.25, 0.3) is 5.91 Å². The maximum Gasteiger partial charge on any atom is 0.261 e. The number of carbonyl (C=O) groups is 1. The molecule has 21 heavy (non-hydrogen) atoms. The molecule has 2 aromatic rings. The van der Waals surface area contributed by atoms with Crippen LogP contribution in [0.25, 0.3) is 0 Å². The Morgan fingerprint density at radius 3 is 2.86 bits per heavy atom. The van der Waals surface area contributed by atoms with Gasteiger partial charge < -0.3 is 10.1 Å². The number of hydrogen-bond donors (Lipinski definition) is 1. The van der Waals surface area contributed by atoms with Gasteiger partial charge in [-0.2, -0.15) is 0 Å². The molecule has 0 unspecified atom stereocenters. The maximum absolute atomic E-state index is 13.4. The normalized spacial score (nSPS) is 11.8. The van der Waals surface area contributed by atoms with Crippen LogP contribution in [0, 0.1) is 11.6 Å². The van der Waals surface area contributed by atoms with Crippen molar-refractivity contribution in [3.8, 4) is 5.75 Å². The van der Waals surface area contributed by atoms with Crippen molar-refractivity contribution in [2.75, 3.05) is 0 Å². The molecule has 1 aromatic heterocycles. The van der Waals surface area contributed by atoms with Gasteiger partial charge in [-0.3, -0.25) is 9.78 Å². The van der Waals surface area contributed by atoms with Crippen LogP contribution in [0.2, 0.25) is 0 Å². The standard InChI is InChI=1S/C15H14F2N2O2/c1-10(21-14-5-4-12(16)7-13(14)17)15(20)19-9-11-3-2-6-18-8-11/h2-8,10H,9H2,1H3,(H,19,20)/t10-/m0/s1. The van der Waals surface area contributed by atoms with Gasteiger partial charge in [0.2, 0.25) is 0 Å². The zero-order chi connectivity index (χ0) is 15.2. The molecule has 0 saturated carbocycles. The molecule has 0 fully saturated rings. The van der Waals surface area contributed by atoms with Crippen LogP contribution in [0.3, 0.4) is 0 Å². The van der Waals surface area contributed by atoms with Crippen LogP contribution < -0.4 is 10.1 Å². The summed E-state index contributed by atoms with van der Waals surface area (Å²) in [7, 11) is 0. The van der Waals surface area contributed by atoms with E-state index >= 15 is 0 Å². The van der Waals surface area contributed by atoms with Crippen LogP contribution in [0.15, 0.2) is 42.7 Å². The Hall–Kier alpha value is -2.50. The van der Waals surface area contributed by atoms with Crippen LogP contribution in [0.5, 0.6) is 5.75 Å². The molecular weight excluding hydrogens is 278 g/mol. The number of amides is 1. The summed E-state index contributed by atoms with van der Waals surface area (Å²) in [5, 5.41) is 2.65. The van der Waals surface area contributed by atoms with Gasteiger partial charge in [-0.1, -0.05) is 6.07 Å². The van der Waals surface area contributed by atoms with E-state index in [1.165, 1.54) is 6.92 Å². The molecule has 0 aliphatic heterocycles. The van der Waals surface area contributed by atoms with Crippen molar-refractivity contribution in [2.24, 2.45) is 0 Å². The van der Waals surface area contributed by atoms with E-state index in [4.69, 9.17) is 4.74 Å². The van der Waals surface area contributed by atoms with Crippen LogP contribution in [-0.2, 0) is 11.3 Å². The van der Waals surface area contributed by atoms with E-state index in [9.17, 15) is 13.6 Å². The van der Waals surface area contributed by atoms with Gasteiger partial charge in [0.15, 0.2) is 17.7 Å². The molecule has 0 spiro atoms. The summed E-state index contributed by atoms with van der Waals surface area (Å²) in [6, 6.07) is 6.50. The summed E-state index contributed by atoms with van der Waals surface area (Å²) < 4.78 is 31.4. The first-order chi connectivity index (χ1) is 10.1. The van der Waals surface area contributed by atoms with Crippen molar-refractivity contribution in [3.05, 3.63) is 59.9 Å². The molecule has 1 amide bonds. The monoisotopic (exact) mass is 292 g/mol. The molecule has 1 atom stereocenters. The summed E-state index contributed by atoms with van der Waals surface area (Å²) in [6.45, 7) is 1.79. The lowest BCUT2D eigenvalue weighted by atomic mass is 10.2. The van der Waals surface area contributed by atoms with Crippen molar-refractivity contribution in [1.29, 1.82) is 0 Å². The van der Waals surface area contributed by atoms with Crippen LogP contribution in [-0.4, -0.2) is 17.0 Å². The lowest BCUT2D eigenvalue weighted by molar-refractivity contribution is -0.127. The van der Waals surface area contributed by atoms with Gasteiger partial charge in [-0.15, -0.1) is 0 Å². The summed E-state index contributed by atoms with van der Waals surface area (Å²) >= 11 is 0. The molecule has 1 N–H and O–H groups in total. The average molecular weight is 292 g/mol. The van der Waals surface area contributed by atoms with E-state index in [-0.39, 0.29) is 5.75 Å². The summed E-state index contributed by atoms with van der Waals surface area (Å²) in [5.74, 6) is -2.11.